The second kappa shape index (κ2) is 4.77. The molecule has 2 aromatic carbocycles. The number of aromatic hydroxyl groups is 1. The Morgan fingerprint density at radius 2 is 2.00 bits per heavy atom. The molecular weight excluding hydrogens is 256 g/mol. The number of phenolic OH excluding ortho intramolecular Hbond substituents is 1. The zero-order valence-electron chi connectivity index (χ0n) is 10.7. The van der Waals surface area contributed by atoms with Crippen LogP contribution in [-0.4, -0.2) is 17.6 Å². The number of primary amides is 1. The van der Waals surface area contributed by atoms with E-state index in [4.69, 9.17) is 10.5 Å². The summed E-state index contributed by atoms with van der Waals surface area (Å²) in [4.78, 5) is 11.0. The lowest BCUT2D eigenvalue weighted by atomic mass is 10.1. The molecule has 0 saturated heterocycles. The molecule has 4 N–H and O–H groups in total. The minimum Gasteiger partial charge on any atom is -0.508 e. The SMILES string of the molecule is NC(=O)c1ccc(NC2COc3cc(O)ccc32)cc1. The molecule has 102 valence electrons. The van der Waals surface area contributed by atoms with Crippen LogP contribution in [0.3, 0.4) is 0 Å². The Labute approximate surface area is 116 Å². The third kappa shape index (κ3) is 2.25. The molecule has 3 rings (SSSR count). The van der Waals surface area contributed by atoms with Gasteiger partial charge in [-0.05, 0) is 36.4 Å². The third-order valence-electron chi connectivity index (χ3n) is 3.29. The summed E-state index contributed by atoms with van der Waals surface area (Å²) >= 11 is 0. The molecule has 1 aliphatic rings. The Kier molecular flexibility index (Phi) is 2.95. The number of anilines is 1. The molecule has 0 aromatic heterocycles. The highest BCUT2D eigenvalue weighted by Gasteiger charge is 2.24. The van der Waals surface area contributed by atoms with Gasteiger partial charge in [0.15, 0.2) is 0 Å². The number of nitrogens with two attached hydrogens (primary N) is 1. The molecule has 0 saturated carbocycles. The maximum atomic E-state index is 11.0. The molecule has 5 heteroatoms. The standard InChI is InChI=1S/C15H14N2O3/c16-15(19)9-1-3-10(4-2-9)17-13-8-20-14-7-11(18)5-6-12(13)14/h1-7,13,17-18H,8H2,(H2,16,19). The van der Waals surface area contributed by atoms with Crippen molar-refractivity contribution in [1.29, 1.82) is 0 Å². The normalized spacial score (nSPS) is 16.3. The molecule has 1 atom stereocenters. The summed E-state index contributed by atoms with van der Waals surface area (Å²) in [7, 11) is 0. The van der Waals surface area contributed by atoms with Crippen molar-refractivity contribution in [2.75, 3.05) is 11.9 Å². The van der Waals surface area contributed by atoms with Gasteiger partial charge in [-0.1, -0.05) is 0 Å². The van der Waals surface area contributed by atoms with Crippen LogP contribution in [0.5, 0.6) is 11.5 Å². The van der Waals surface area contributed by atoms with E-state index in [0.717, 1.165) is 11.3 Å². The maximum Gasteiger partial charge on any atom is 0.248 e. The van der Waals surface area contributed by atoms with E-state index in [1.807, 2.05) is 6.07 Å². The summed E-state index contributed by atoms with van der Waals surface area (Å²) < 4.78 is 5.53. The number of hydrogen-bond donors (Lipinski definition) is 3. The summed E-state index contributed by atoms with van der Waals surface area (Å²) in [6.07, 6.45) is 0. The van der Waals surface area contributed by atoms with Gasteiger partial charge in [-0.25, -0.2) is 0 Å². The molecule has 1 aliphatic heterocycles. The quantitative estimate of drug-likeness (QED) is 0.796. The second-order valence-electron chi connectivity index (χ2n) is 4.67. The lowest BCUT2D eigenvalue weighted by molar-refractivity contribution is 0.100. The van der Waals surface area contributed by atoms with Gasteiger partial charge in [-0.3, -0.25) is 4.79 Å². The van der Waals surface area contributed by atoms with E-state index in [9.17, 15) is 9.90 Å². The average Bonchev–Trinajstić information content (AvgIpc) is 2.81. The molecular formula is C15H14N2O3. The fourth-order valence-electron chi connectivity index (χ4n) is 2.25. The largest absolute Gasteiger partial charge is 0.508 e. The first-order chi connectivity index (χ1) is 9.63. The molecule has 0 fully saturated rings. The molecule has 0 bridgehead atoms. The first-order valence-electron chi connectivity index (χ1n) is 6.25. The van der Waals surface area contributed by atoms with Gasteiger partial charge in [0.1, 0.15) is 18.1 Å². The average molecular weight is 270 g/mol. The monoisotopic (exact) mass is 270 g/mol. The van der Waals surface area contributed by atoms with Gasteiger partial charge < -0.3 is 20.9 Å². The Balaban J connectivity index is 1.78. The zero-order valence-corrected chi connectivity index (χ0v) is 10.7. The van der Waals surface area contributed by atoms with Crippen molar-refractivity contribution in [3.8, 4) is 11.5 Å². The van der Waals surface area contributed by atoms with Gasteiger partial charge in [-0.2, -0.15) is 0 Å². The van der Waals surface area contributed by atoms with Gasteiger partial charge in [0.05, 0.1) is 6.04 Å². The lowest BCUT2D eigenvalue weighted by Gasteiger charge is -2.13. The Hall–Kier alpha value is -2.69. The van der Waals surface area contributed by atoms with Crippen LogP contribution in [0, 0.1) is 0 Å². The van der Waals surface area contributed by atoms with Crippen molar-refractivity contribution in [2.24, 2.45) is 5.73 Å². The molecule has 1 unspecified atom stereocenters. The maximum absolute atomic E-state index is 11.0. The number of ether oxygens (including phenoxy) is 1. The molecule has 1 heterocycles. The Morgan fingerprint density at radius 1 is 1.25 bits per heavy atom. The summed E-state index contributed by atoms with van der Waals surface area (Å²) in [5.41, 5.74) is 7.56. The Bertz CT molecular complexity index is 653. The van der Waals surface area contributed by atoms with Crippen LogP contribution in [-0.2, 0) is 0 Å². The second-order valence-corrected chi connectivity index (χ2v) is 4.67. The van der Waals surface area contributed by atoms with Crippen LogP contribution in [0.25, 0.3) is 0 Å². The highest BCUT2D eigenvalue weighted by Crippen LogP contribution is 2.36. The van der Waals surface area contributed by atoms with Crippen LogP contribution in [0.4, 0.5) is 5.69 Å². The van der Waals surface area contributed by atoms with Gasteiger partial charge in [-0.15, -0.1) is 0 Å². The molecule has 2 aromatic rings. The fraction of sp³-hybridized carbons (Fsp3) is 0.133. The highest BCUT2D eigenvalue weighted by molar-refractivity contribution is 5.93. The lowest BCUT2D eigenvalue weighted by Crippen LogP contribution is -2.13. The number of fused-ring (bicyclic) bond motifs is 1. The van der Waals surface area contributed by atoms with E-state index >= 15 is 0 Å². The minimum absolute atomic E-state index is 0.0185. The first-order valence-corrected chi connectivity index (χ1v) is 6.25. The molecule has 5 nitrogen and oxygen atoms in total. The smallest absolute Gasteiger partial charge is 0.248 e. The van der Waals surface area contributed by atoms with E-state index in [-0.39, 0.29) is 11.8 Å². The highest BCUT2D eigenvalue weighted by atomic mass is 16.5. The van der Waals surface area contributed by atoms with Gasteiger partial charge >= 0.3 is 0 Å². The number of amides is 1. The van der Waals surface area contributed by atoms with Gasteiger partial charge in [0.2, 0.25) is 5.91 Å². The van der Waals surface area contributed by atoms with E-state index < -0.39 is 5.91 Å². The third-order valence-corrected chi connectivity index (χ3v) is 3.29. The molecule has 0 aliphatic carbocycles. The van der Waals surface area contributed by atoms with Crippen LogP contribution < -0.4 is 15.8 Å². The van der Waals surface area contributed by atoms with Crippen molar-refractivity contribution < 1.29 is 14.6 Å². The zero-order chi connectivity index (χ0) is 14.1. The summed E-state index contributed by atoms with van der Waals surface area (Å²) in [5.74, 6) is 0.438. The van der Waals surface area contributed by atoms with Crippen molar-refractivity contribution in [3.63, 3.8) is 0 Å². The summed E-state index contributed by atoms with van der Waals surface area (Å²) in [5, 5.41) is 12.7. The predicted molar refractivity (Wildman–Crippen MR) is 74.9 cm³/mol. The molecule has 1 amide bonds. The number of hydrogen-bond acceptors (Lipinski definition) is 4. The first kappa shape index (κ1) is 12.3. The van der Waals surface area contributed by atoms with Crippen LogP contribution >= 0.6 is 0 Å². The number of carbonyl (C=O) groups excluding carboxylic acids is 1. The van der Waals surface area contributed by atoms with E-state index in [1.165, 1.54) is 0 Å². The number of nitrogens with one attached hydrogen (secondary N) is 1. The number of carbonyl (C=O) groups is 1. The van der Waals surface area contributed by atoms with Crippen LogP contribution in [0.15, 0.2) is 42.5 Å². The number of benzene rings is 2. The van der Waals surface area contributed by atoms with Crippen LogP contribution in [0.2, 0.25) is 0 Å². The van der Waals surface area contributed by atoms with Crippen molar-refractivity contribution in [1.82, 2.24) is 0 Å². The Morgan fingerprint density at radius 3 is 2.70 bits per heavy atom. The van der Waals surface area contributed by atoms with Gasteiger partial charge in [0, 0.05) is 22.9 Å². The van der Waals surface area contributed by atoms with Crippen LogP contribution in [0.1, 0.15) is 22.0 Å². The fourth-order valence-corrected chi connectivity index (χ4v) is 2.25. The summed E-state index contributed by atoms with van der Waals surface area (Å²) in [6, 6.07) is 12.1. The predicted octanol–water partition coefficient (Wildman–Crippen LogP) is 2.04. The minimum atomic E-state index is -0.443. The van der Waals surface area contributed by atoms with Crippen molar-refractivity contribution in [2.45, 2.75) is 6.04 Å². The van der Waals surface area contributed by atoms with E-state index in [1.54, 1.807) is 36.4 Å². The molecule has 20 heavy (non-hydrogen) atoms. The van der Waals surface area contributed by atoms with Gasteiger partial charge in [0.25, 0.3) is 0 Å². The van der Waals surface area contributed by atoms with E-state index in [2.05, 4.69) is 5.32 Å². The number of phenols is 1. The molecule has 0 spiro atoms. The van der Waals surface area contributed by atoms with Crippen molar-refractivity contribution >= 4 is 11.6 Å². The summed E-state index contributed by atoms with van der Waals surface area (Å²) in [6.45, 7) is 0.496. The van der Waals surface area contributed by atoms with E-state index in [0.29, 0.717) is 17.9 Å². The topological polar surface area (TPSA) is 84.6 Å². The van der Waals surface area contributed by atoms with Crippen molar-refractivity contribution in [3.05, 3.63) is 53.6 Å². The number of rotatable bonds is 3. The molecule has 0 radical (unpaired) electrons.